The quantitative estimate of drug-likeness (QED) is 0.791. The Morgan fingerprint density at radius 2 is 2.00 bits per heavy atom. The van der Waals surface area contributed by atoms with Crippen molar-refractivity contribution < 1.29 is 4.39 Å². The minimum Gasteiger partial charge on any atom is -0.324 e. The first-order valence-electron chi connectivity index (χ1n) is 5.70. The van der Waals surface area contributed by atoms with Gasteiger partial charge in [-0.3, -0.25) is 0 Å². The molecular formula is C13H18FN. The number of aryl methyl sites for hydroxylation is 1. The number of hydrogen-bond donors (Lipinski definition) is 1. The lowest BCUT2D eigenvalue weighted by molar-refractivity contribution is 0.443. The third kappa shape index (κ3) is 2.20. The fourth-order valence-corrected chi connectivity index (χ4v) is 2.58. The van der Waals surface area contributed by atoms with Gasteiger partial charge in [0.1, 0.15) is 5.82 Å². The lowest BCUT2D eigenvalue weighted by Gasteiger charge is -2.21. The first-order chi connectivity index (χ1) is 7.18. The van der Waals surface area contributed by atoms with Crippen molar-refractivity contribution in [3.8, 4) is 0 Å². The first-order valence-corrected chi connectivity index (χ1v) is 5.70. The Hall–Kier alpha value is -0.890. The van der Waals surface area contributed by atoms with Gasteiger partial charge in [-0.1, -0.05) is 18.9 Å². The summed E-state index contributed by atoms with van der Waals surface area (Å²) in [5.41, 5.74) is 8.32. The molecule has 0 heterocycles. The molecule has 1 aliphatic rings. The van der Waals surface area contributed by atoms with Crippen molar-refractivity contribution in [1.82, 2.24) is 0 Å². The summed E-state index contributed by atoms with van der Waals surface area (Å²) in [7, 11) is 0. The number of hydrogen-bond acceptors (Lipinski definition) is 1. The van der Waals surface area contributed by atoms with Crippen LogP contribution < -0.4 is 5.73 Å². The Balaban J connectivity index is 2.20. The molecule has 0 radical (unpaired) electrons. The monoisotopic (exact) mass is 207 g/mol. The Labute approximate surface area is 90.5 Å². The normalized spacial score (nSPS) is 19.4. The molecule has 0 amide bonds. The van der Waals surface area contributed by atoms with E-state index in [0.29, 0.717) is 5.92 Å². The summed E-state index contributed by atoms with van der Waals surface area (Å²) in [5, 5.41) is 0. The Kier molecular flexibility index (Phi) is 3.06. The van der Waals surface area contributed by atoms with E-state index in [1.54, 1.807) is 6.07 Å². The number of rotatable bonds is 2. The molecule has 1 aliphatic carbocycles. The molecule has 0 spiro atoms. The molecule has 0 bridgehead atoms. The van der Waals surface area contributed by atoms with Crippen LogP contribution in [0.1, 0.15) is 42.9 Å². The van der Waals surface area contributed by atoms with E-state index >= 15 is 0 Å². The lowest BCUT2D eigenvalue weighted by atomic mass is 9.90. The molecule has 1 saturated carbocycles. The Bertz CT molecular complexity index is 342. The summed E-state index contributed by atoms with van der Waals surface area (Å²) in [5.74, 6) is 0.420. The van der Waals surface area contributed by atoms with Gasteiger partial charge in [0, 0.05) is 6.04 Å². The third-order valence-electron chi connectivity index (χ3n) is 3.50. The van der Waals surface area contributed by atoms with Crippen LogP contribution in [0.5, 0.6) is 0 Å². The van der Waals surface area contributed by atoms with Gasteiger partial charge in [-0.15, -0.1) is 0 Å². The van der Waals surface area contributed by atoms with Crippen molar-refractivity contribution in [2.75, 3.05) is 0 Å². The molecule has 15 heavy (non-hydrogen) atoms. The van der Waals surface area contributed by atoms with Gasteiger partial charge in [0.05, 0.1) is 0 Å². The predicted octanol–water partition coefficient (Wildman–Crippen LogP) is 3.32. The van der Waals surface area contributed by atoms with E-state index in [2.05, 4.69) is 0 Å². The fourth-order valence-electron chi connectivity index (χ4n) is 2.58. The van der Waals surface area contributed by atoms with Crippen LogP contribution in [0.3, 0.4) is 0 Å². The van der Waals surface area contributed by atoms with Crippen LogP contribution >= 0.6 is 0 Å². The lowest BCUT2D eigenvalue weighted by Crippen LogP contribution is -2.20. The summed E-state index contributed by atoms with van der Waals surface area (Å²) in [6.07, 6.45) is 5.02. The summed E-state index contributed by atoms with van der Waals surface area (Å²) < 4.78 is 12.9. The minimum absolute atomic E-state index is 0.0908. The highest BCUT2D eigenvalue weighted by atomic mass is 19.1. The SMILES string of the molecule is Cc1cc(F)ccc1C(N)C1CCCC1. The molecule has 0 aromatic heterocycles. The van der Waals surface area contributed by atoms with Gasteiger partial charge < -0.3 is 5.73 Å². The first kappa shape index (κ1) is 10.6. The van der Waals surface area contributed by atoms with Crippen LogP contribution in [0.2, 0.25) is 0 Å². The van der Waals surface area contributed by atoms with Crippen LogP contribution in [-0.2, 0) is 0 Å². The maximum absolute atomic E-state index is 12.9. The zero-order valence-corrected chi connectivity index (χ0v) is 9.17. The van der Waals surface area contributed by atoms with Gasteiger partial charge in [0.2, 0.25) is 0 Å². The molecule has 82 valence electrons. The fraction of sp³-hybridized carbons (Fsp3) is 0.538. The van der Waals surface area contributed by atoms with E-state index in [1.807, 2.05) is 13.0 Å². The maximum Gasteiger partial charge on any atom is 0.123 e. The van der Waals surface area contributed by atoms with E-state index in [-0.39, 0.29) is 11.9 Å². The van der Waals surface area contributed by atoms with E-state index in [1.165, 1.54) is 31.7 Å². The van der Waals surface area contributed by atoms with Gasteiger partial charge in [-0.25, -0.2) is 4.39 Å². The second-order valence-corrected chi connectivity index (χ2v) is 4.57. The predicted molar refractivity (Wildman–Crippen MR) is 60.0 cm³/mol. The molecule has 0 saturated heterocycles. The number of halogens is 1. The number of benzene rings is 1. The van der Waals surface area contributed by atoms with Gasteiger partial charge in [-0.05, 0) is 48.9 Å². The van der Waals surface area contributed by atoms with Crippen molar-refractivity contribution in [3.05, 3.63) is 35.1 Å². The summed E-state index contributed by atoms with van der Waals surface area (Å²) in [4.78, 5) is 0. The highest BCUT2D eigenvalue weighted by Crippen LogP contribution is 2.35. The molecule has 2 heteroatoms. The van der Waals surface area contributed by atoms with Crippen LogP contribution in [0.15, 0.2) is 18.2 Å². The minimum atomic E-state index is -0.171. The maximum atomic E-state index is 12.9. The molecule has 1 fully saturated rings. The molecule has 1 atom stereocenters. The van der Waals surface area contributed by atoms with Crippen LogP contribution in [0, 0.1) is 18.7 Å². The van der Waals surface area contributed by atoms with E-state index in [9.17, 15) is 4.39 Å². The third-order valence-corrected chi connectivity index (χ3v) is 3.50. The van der Waals surface area contributed by atoms with Crippen molar-refractivity contribution in [2.45, 2.75) is 38.6 Å². The van der Waals surface area contributed by atoms with Gasteiger partial charge in [-0.2, -0.15) is 0 Å². The molecule has 2 N–H and O–H groups in total. The van der Waals surface area contributed by atoms with Gasteiger partial charge >= 0.3 is 0 Å². The molecular weight excluding hydrogens is 189 g/mol. The topological polar surface area (TPSA) is 26.0 Å². The van der Waals surface area contributed by atoms with Crippen molar-refractivity contribution in [3.63, 3.8) is 0 Å². The average molecular weight is 207 g/mol. The van der Waals surface area contributed by atoms with E-state index < -0.39 is 0 Å². The van der Waals surface area contributed by atoms with Gasteiger partial charge in [0.25, 0.3) is 0 Å². The summed E-state index contributed by atoms with van der Waals surface area (Å²) in [6, 6.07) is 5.02. The second-order valence-electron chi connectivity index (χ2n) is 4.57. The van der Waals surface area contributed by atoms with Crippen molar-refractivity contribution >= 4 is 0 Å². The van der Waals surface area contributed by atoms with Gasteiger partial charge in [0.15, 0.2) is 0 Å². The number of nitrogens with two attached hydrogens (primary N) is 1. The zero-order valence-electron chi connectivity index (χ0n) is 9.17. The molecule has 1 nitrogen and oxygen atoms in total. The summed E-state index contributed by atoms with van der Waals surface area (Å²) in [6.45, 7) is 1.94. The highest BCUT2D eigenvalue weighted by molar-refractivity contribution is 5.29. The second kappa shape index (κ2) is 4.31. The molecule has 1 aromatic carbocycles. The molecule has 2 rings (SSSR count). The van der Waals surface area contributed by atoms with Crippen LogP contribution in [0.25, 0.3) is 0 Å². The van der Waals surface area contributed by atoms with Crippen molar-refractivity contribution in [1.29, 1.82) is 0 Å². The van der Waals surface area contributed by atoms with E-state index in [0.717, 1.165) is 11.1 Å². The molecule has 1 aromatic rings. The smallest absolute Gasteiger partial charge is 0.123 e. The molecule has 1 unspecified atom stereocenters. The highest BCUT2D eigenvalue weighted by Gasteiger charge is 2.24. The summed E-state index contributed by atoms with van der Waals surface area (Å²) >= 11 is 0. The van der Waals surface area contributed by atoms with E-state index in [4.69, 9.17) is 5.73 Å². The van der Waals surface area contributed by atoms with Crippen LogP contribution in [-0.4, -0.2) is 0 Å². The zero-order chi connectivity index (χ0) is 10.8. The van der Waals surface area contributed by atoms with Crippen LogP contribution in [0.4, 0.5) is 4.39 Å². The molecule has 0 aliphatic heterocycles. The van der Waals surface area contributed by atoms with Crippen molar-refractivity contribution in [2.24, 2.45) is 11.7 Å². The average Bonchev–Trinajstić information content (AvgIpc) is 2.69. The Morgan fingerprint density at radius 1 is 1.33 bits per heavy atom. The largest absolute Gasteiger partial charge is 0.324 e. The standard InChI is InChI=1S/C13H18FN/c1-9-8-11(14)6-7-12(9)13(15)10-4-2-3-5-10/h6-8,10,13H,2-5,15H2,1H3. The Morgan fingerprint density at radius 3 is 2.60 bits per heavy atom.